The first-order chi connectivity index (χ1) is 8.81. The van der Waals surface area contributed by atoms with Crippen LogP contribution in [0.4, 0.5) is 0 Å². The van der Waals surface area contributed by atoms with E-state index in [1.54, 1.807) is 0 Å². The summed E-state index contributed by atoms with van der Waals surface area (Å²) in [5.41, 5.74) is 3.19. The van der Waals surface area contributed by atoms with E-state index >= 15 is 0 Å². The van der Waals surface area contributed by atoms with E-state index < -0.39 is 0 Å². The fourth-order valence-corrected chi connectivity index (χ4v) is 2.06. The lowest BCUT2D eigenvalue weighted by atomic mass is 9.99. The lowest BCUT2D eigenvalue weighted by molar-refractivity contribution is 0.219. The monoisotopic (exact) mass is 247 g/mol. The maximum atomic E-state index is 5.44. The maximum absolute atomic E-state index is 5.44. The van der Waals surface area contributed by atoms with Crippen LogP contribution in [0.1, 0.15) is 43.6 Å². The van der Waals surface area contributed by atoms with Crippen molar-refractivity contribution in [1.29, 1.82) is 0 Å². The van der Waals surface area contributed by atoms with Gasteiger partial charge in [-0.3, -0.25) is 9.97 Å². The molecule has 18 heavy (non-hydrogen) atoms. The van der Waals surface area contributed by atoms with Crippen LogP contribution in [0, 0.1) is 6.92 Å². The fourth-order valence-electron chi connectivity index (χ4n) is 2.06. The Bertz CT molecular complexity index is 400. The molecular weight excluding hydrogens is 226 g/mol. The van der Waals surface area contributed by atoms with Crippen molar-refractivity contribution in [2.24, 2.45) is 0 Å². The van der Waals surface area contributed by atoms with Crippen LogP contribution < -0.4 is 5.32 Å². The normalized spacial score (nSPS) is 16.9. The van der Waals surface area contributed by atoms with Gasteiger partial charge in [0, 0.05) is 6.20 Å². The summed E-state index contributed by atoms with van der Waals surface area (Å²) in [5, 5.41) is 3.52. The molecule has 1 unspecified atom stereocenters. The van der Waals surface area contributed by atoms with E-state index in [4.69, 9.17) is 4.74 Å². The highest BCUT2D eigenvalue weighted by Gasteiger charge is 2.19. The maximum Gasteiger partial charge on any atom is 0.0876 e. The number of nitrogens with one attached hydrogen (secondary N) is 1. The molecule has 4 heteroatoms. The summed E-state index contributed by atoms with van der Waals surface area (Å²) in [6.45, 7) is 5.91. The predicted molar refractivity (Wildman–Crippen MR) is 71.1 cm³/mol. The largest absolute Gasteiger partial charge is 0.501 e. The van der Waals surface area contributed by atoms with Gasteiger partial charge in [0.1, 0.15) is 0 Å². The molecule has 0 fully saturated rings. The zero-order valence-corrected chi connectivity index (χ0v) is 11.1. The zero-order valence-electron chi connectivity index (χ0n) is 11.1. The van der Waals surface area contributed by atoms with Gasteiger partial charge in [0.15, 0.2) is 0 Å². The topological polar surface area (TPSA) is 47.0 Å². The van der Waals surface area contributed by atoms with Gasteiger partial charge >= 0.3 is 0 Å². The molecule has 0 bridgehead atoms. The molecule has 1 aliphatic rings. The summed E-state index contributed by atoms with van der Waals surface area (Å²) in [6, 6.07) is 0.137. The number of ether oxygens (including phenoxy) is 1. The van der Waals surface area contributed by atoms with Gasteiger partial charge < -0.3 is 10.1 Å². The van der Waals surface area contributed by atoms with Crippen LogP contribution in [0.3, 0.4) is 0 Å². The lowest BCUT2D eigenvalue weighted by Crippen LogP contribution is -2.26. The molecule has 0 radical (unpaired) electrons. The van der Waals surface area contributed by atoms with Crippen molar-refractivity contribution in [3.63, 3.8) is 0 Å². The molecule has 0 saturated carbocycles. The van der Waals surface area contributed by atoms with Gasteiger partial charge in [-0.05, 0) is 38.3 Å². The van der Waals surface area contributed by atoms with E-state index in [9.17, 15) is 0 Å². The van der Waals surface area contributed by atoms with Gasteiger partial charge in [-0.2, -0.15) is 0 Å². The van der Waals surface area contributed by atoms with Gasteiger partial charge in [-0.25, -0.2) is 0 Å². The van der Waals surface area contributed by atoms with Crippen molar-refractivity contribution in [2.75, 3.05) is 13.2 Å². The van der Waals surface area contributed by atoms with Crippen LogP contribution in [0.15, 0.2) is 24.2 Å². The Morgan fingerprint density at radius 2 is 2.28 bits per heavy atom. The molecule has 0 saturated heterocycles. The van der Waals surface area contributed by atoms with Gasteiger partial charge in [0.25, 0.3) is 0 Å². The van der Waals surface area contributed by atoms with Crippen molar-refractivity contribution < 1.29 is 4.74 Å². The Balaban J connectivity index is 2.18. The Hall–Kier alpha value is -1.42. The molecule has 0 spiro atoms. The van der Waals surface area contributed by atoms with Crippen LogP contribution in [0.2, 0.25) is 0 Å². The van der Waals surface area contributed by atoms with Crippen LogP contribution in [-0.4, -0.2) is 23.1 Å². The van der Waals surface area contributed by atoms with E-state index in [-0.39, 0.29) is 6.04 Å². The SMILES string of the molecule is CCCNC(C1=COCCC1)c1cnc(C)cn1. The van der Waals surface area contributed by atoms with E-state index in [0.717, 1.165) is 43.8 Å². The minimum absolute atomic E-state index is 0.137. The number of aryl methyl sites for hydroxylation is 1. The van der Waals surface area contributed by atoms with E-state index in [2.05, 4.69) is 22.2 Å². The average molecular weight is 247 g/mol. The third kappa shape index (κ3) is 3.29. The number of nitrogens with zero attached hydrogens (tertiary/aromatic N) is 2. The lowest BCUT2D eigenvalue weighted by Gasteiger charge is -2.23. The molecule has 0 aromatic carbocycles. The summed E-state index contributed by atoms with van der Waals surface area (Å²) in [7, 11) is 0. The standard InChI is InChI=1S/C14H21N3O/c1-3-6-15-14(12-5-4-7-18-10-12)13-9-16-11(2)8-17-13/h8-10,14-15H,3-7H2,1-2H3. The minimum Gasteiger partial charge on any atom is -0.501 e. The second-order valence-electron chi connectivity index (χ2n) is 4.64. The number of hydrogen-bond acceptors (Lipinski definition) is 4. The van der Waals surface area contributed by atoms with Crippen molar-refractivity contribution in [3.05, 3.63) is 35.6 Å². The molecule has 1 N–H and O–H groups in total. The van der Waals surface area contributed by atoms with Crippen LogP contribution in [0.5, 0.6) is 0 Å². The first-order valence-electron chi connectivity index (χ1n) is 6.63. The summed E-state index contributed by atoms with van der Waals surface area (Å²) in [4.78, 5) is 8.82. The second-order valence-corrected chi connectivity index (χ2v) is 4.64. The summed E-state index contributed by atoms with van der Waals surface area (Å²) >= 11 is 0. The molecule has 2 heterocycles. The van der Waals surface area contributed by atoms with Crippen LogP contribution in [0.25, 0.3) is 0 Å². The number of rotatable bonds is 5. The number of aromatic nitrogens is 2. The highest BCUT2D eigenvalue weighted by Crippen LogP contribution is 2.26. The first kappa shape index (κ1) is 13.0. The predicted octanol–water partition coefficient (Wildman–Crippen LogP) is 2.52. The van der Waals surface area contributed by atoms with Crippen molar-refractivity contribution in [3.8, 4) is 0 Å². The van der Waals surface area contributed by atoms with Gasteiger partial charge in [0.2, 0.25) is 0 Å². The fraction of sp³-hybridized carbons (Fsp3) is 0.571. The Morgan fingerprint density at radius 3 is 2.89 bits per heavy atom. The third-order valence-corrected chi connectivity index (χ3v) is 3.03. The average Bonchev–Trinajstić information content (AvgIpc) is 2.42. The molecule has 0 aliphatic carbocycles. The third-order valence-electron chi connectivity index (χ3n) is 3.03. The highest BCUT2D eigenvalue weighted by atomic mass is 16.5. The molecule has 98 valence electrons. The Labute approximate surface area is 108 Å². The van der Waals surface area contributed by atoms with Crippen molar-refractivity contribution >= 4 is 0 Å². The van der Waals surface area contributed by atoms with E-state index in [1.807, 2.05) is 25.6 Å². The number of hydrogen-bond donors (Lipinski definition) is 1. The molecule has 1 aromatic heterocycles. The van der Waals surface area contributed by atoms with Gasteiger partial charge in [-0.1, -0.05) is 6.92 Å². The molecule has 1 aromatic rings. The summed E-state index contributed by atoms with van der Waals surface area (Å²) in [5.74, 6) is 0. The minimum atomic E-state index is 0.137. The van der Waals surface area contributed by atoms with Crippen LogP contribution >= 0.6 is 0 Å². The Kier molecular flexibility index (Phi) is 4.70. The van der Waals surface area contributed by atoms with Crippen LogP contribution in [-0.2, 0) is 4.74 Å². The van der Waals surface area contributed by atoms with E-state index in [1.165, 1.54) is 5.57 Å². The molecule has 0 amide bonds. The molecule has 2 rings (SSSR count). The summed E-state index contributed by atoms with van der Waals surface area (Å²) < 4.78 is 5.44. The smallest absolute Gasteiger partial charge is 0.0876 e. The molecule has 1 atom stereocenters. The van der Waals surface area contributed by atoms with Crippen molar-refractivity contribution in [1.82, 2.24) is 15.3 Å². The molecule has 4 nitrogen and oxygen atoms in total. The Morgan fingerprint density at radius 1 is 1.39 bits per heavy atom. The highest BCUT2D eigenvalue weighted by molar-refractivity contribution is 5.20. The molecule has 1 aliphatic heterocycles. The molecular formula is C14H21N3O. The quantitative estimate of drug-likeness (QED) is 0.868. The van der Waals surface area contributed by atoms with Gasteiger partial charge in [-0.15, -0.1) is 0 Å². The zero-order chi connectivity index (χ0) is 12.8. The van der Waals surface area contributed by atoms with E-state index in [0.29, 0.717) is 0 Å². The summed E-state index contributed by atoms with van der Waals surface area (Å²) in [6.07, 6.45) is 8.81. The van der Waals surface area contributed by atoms with Crippen molar-refractivity contribution in [2.45, 2.75) is 39.2 Å². The van der Waals surface area contributed by atoms with Gasteiger partial charge in [0.05, 0.1) is 36.5 Å². The second kappa shape index (κ2) is 6.50. The first-order valence-corrected chi connectivity index (χ1v) is 6.63.